The smallest absolute Gasteiger partial charge is 0.275 e. The number of nitrogens with one attached hydrogen (secondary N) is 2. The Morgan fingerprint density at radius 1 is 1.57 bits per heavy atom. The molecule has 0 bridgehead atoms. The third-order valence-electron chi connectivity index (χ3n) is 2.79. The van der Waals surface area contributed by atoms with Crippen molar-refractivity contribution in [2.45, 2.75) is 6.61 Å². The van der Waals surface area contributed by atoms with Gasteiger partial charge in [0, 0.05) is 30.4 Å². The maximum Gasteiger partial charge on any atom is 0.275 e. The van der Waals surface area contributed by atoms with Gasteiger partial charge in [-0.15, -0.1) is 11.3 Å². The van der Waals surface area contributed by atoms with Crippen LogP contribution in [0.3, 0.4) is 0 Å². The molecule has 0 aliphatic carbocycles. The Labute approximate surface area is 123 Å². The van der Waals surface area contributed by atoms with Crippen LogP contribution in [0.25, 0.3) is 10.6 Å². The van der Waals surface area contributed by atoms with Gasteiger partial charge >= 0.3 is 0 Å². The van der Waals surface area contributed by atoms with Crippen LogP contribution < -0.4 is 5.32 Å². The highest BCUT2D eigenvalue weighted by Gasteiger charge is 2.15. The van der Waals surface area contributed by atoms with Crippen molar-refractivity contribution in [2.24, 2.45) is 7.05 Å². The lowest BCUT2D eigenvalue weighted by Crippen LogP contribution is -2.13. The van der Waals surface area contributed by atoms with Crippen molar-refractivity contribution in [1.29, 1.82) is 0 Å². The van der Waals surface area contributed by atoms with Crippen molar-refractivity contribution in [3.63, 3.8) is 0 Å². The summed E-state index contributed by atoms with van der Waals surface area (Å²) in [6, 6.07) is 0. The van der Waals surface area contributed by atoms with Gasteiger partial charge in [0.2, 0.25) is 0 Å². The maximum absolute atomic E-state index is 12.2. The molecule has 0 fully saturated rings. The van der Waals surface area contributed by atoms with Crippen molar-refractivity contribution >= 4 is 22.9 Å². The highest BCUT2D eigenvalue weighted by molar-refractivity contribution is 7.13. The number of aliphatic hydroxyl groups excluding tert-OH is 1. The Morgan fingerprint density at radius 2 is 2.43 bits per heavy atom. The van der Waals surface area contributed by atoms with E-state index in [0.29, 0.717) is 22.1 Å². The van der Waals surface area contributed by atoms with E-state index >= 15 is 0 Å². The third kappa shape index (κ3) is 2.69. The number of rotatable bonds is 4. The number of aromatic nitrogens is 5. The van der Waals surface area contributed by atoms with E-state index in [0.717, 1.165) is 5.56 Å². The second kappa shape index (κ2) is 5.46. The number of hydrogen-bond donors (Lipinski definition) is 3. The molecular weight excluding hydrogens is 292 g/mol. The third-order valence-corrected chi connectivity index (χ3v) is 3.68. The number of aryl methyl sites for hydroxylation is 1. The van der Waals surface area contributed by atoms with E-state index in [4.69, 9.17) is 0 Å². The minimum atomic E-state index is -0.344. The van der Waals surface area contributed by atoms with E-state index in [1.165, 1.54) is 16.0 Å². The van der Waals surface area contributed by atoms with E-state index < -0.39 is 0 Å². The fourth-order valence-electron chi connectivity index (χ4n) is 1.82. The molecule has 21 heavy (non-hydrogen) atoms. The van der Waals surface area contributed by atoms with E-state index in [9.17, 15) is 9.90 Å². The molecule has 0 atom stereocenters. The molecule has 0 spiro atoms. The summed E-state index contributed by atoms with van der Waals surface area (Å²) >= 11 is 1.36. The van der Waals surface area contributed by atoms with Crippen molar-refractivity contribution < 1.29 is 9.90 Å². The largest absolute Gasteiger partial charge is 0.390 e. The van der Waals surface area contributed by atoms with Gasteiger partial charge in [0.25, 0.3) is 5.91 Å². The van der Waals surface area contributed by atoms with Crippen LogP contribution in [0.4, 0.5) is 5.69 Å². The first-order valence-electron chi connectivity index (χ1n) is 6.07. The number of amides is 1. The number of H-pyrrole nitrogens is 1. The molecular formula is C12H12N6O2S. The first-order valence-corrected chi connectivity index (χ1v) is 6.94. The van der Waals surface area contributed by atoms with Crippen molar-refractivity contribution in [3.8, 4) is 10.6 Å². The predicted octanol–water partition coefficient (Wildman–Crippen LogP) is 1.01. The molecule has 0 radical (unpaired) electrons. The predicted molar refractivity (Wildman–Crippen MR) is 76.8 cm³/mol. The zero-order chi connectivity index (χ0) is 14.8. The first kappa shape index (κ1) is 13.5. The fraction of sp³-hybridized carbons (Fsp3) is 0.167. The molecule has 0 saturated carbocycles. The number of aromatic amines is 1. The molecule has 9 heteroatoms. The summed E-state index contributed by atoms with van der Waals surface area (Å²) in [5.41, 5.74) is 2.03. The van der Waals surface area contributed by atoms with Crippen molar-refractivity contribution in [2.75, 3.05) is 5.32 Å². The second-order valence-electron chi connectivity index (χ2n) is 4.30. The van der Waals surface area contributed by atoms with Crippen LogP contribution in [-0.2, 0) is 13.7 Å². The average molecular weight is 304 g/mol. The molecule has 3 N–H and O–H groups in total. The Kier molecular flexibility index (Phi) is 3.50. The Bertz CT molecular complexity index is 761. The summed E-state index contributed by atoms with van der Waals surface area (Å²) in [6.07, 6.45) is 4.99. The molecule has 1 amide bonds. The minimum absolute atomic E-state index is 0.242. The average Bonchev–Trinajstić information content (AvgIpc) is 3.18. The van der Waals surface area contributed by atoms with Gasteiger partial charge in [-0.25, -0.2) is 4.98 Å². The Morgan fingerprint density at radius 3 is 3.14 bits per heavy atom. The van der Waals surface area contributed by atoms with Gasteiger partial charge in [0.15, 0.2) is 0 Å². The summed E-state index contributed by atoms with van der Waals surface area (Å²) in [4.78, 5) is 16.4. The Hall–Kier alpha value is -2.52. The van der Waals surface area contributed by atoms with Crippen LogP contribution in [0.15, 0.2) is 24.0 Å². The number of aliphatic hydroxyl groups is 1. The molecule has 108 valence electrons. The molecule has 0 aromatic carbocycles. The molecule has 0 unspecified atom stereocenters. The number of carbonyl (C=O) groups is 1. The van der Waals surface area contributed by atoms with Crippen LogP contribution in [0.2, 0.25) is 0 Å². The van der Waals surface area contributed by atoms with Crippen molar-refractivity contribution in [1.82, 2.24) is 25.0 Å². The molecule has 3 rings (SSSR count). The standard InChI is InChI=1S/C12H12N6O2S/c1-18-4-8(9(5-19)17-18)15-11(20)10-6-21-12(16-10)7-2-13-14-3-7/h2-4,6,19H,5H2,1H3,(H,13,14)(H,15,20). The van der Waals surface area contributed by atoms with Crippen LogP contribution >= 0.6 is 11.3 Å². The van der Waals surface area contributed by atoms with Crippen LogP contribution in [0.1, 0.15) is 16.2 Å². The summed E-state index contributed by atoms with van der Waals surface area (Å²) in [7, 11) is 1.72. The highest BCUT2D eigenvalue weighted by Crippen LogP contribution is 2.23. The van der Waals surface area contributed by atoms with Crippen molar-refractivity contribution in [3.05, 3.63) is 35.4 Å². The Balaban J connectivity index is 1.79. The molecule has 0 aliphatic rings. The topological polar surface area (TPSA) is 109 Å². The lowest BCUT2D eigenvalue weighted by atomic mass is 10.3. The summed E-state index contributed by atoms with van der Waals surface area (Å²) in [6.45, 7) is -0.242. The summed E-state index contributed by atoms with van der Waals surface area (Å²) in [5.74, 6) is -0.344. The normalized spacial score (nSPS) is 10.8. The second-order valence-corrected chi connectivity index (χ2v) is 5.16. The van der Waals surface area contributed by atoms with Gasteiger partial charge in [0.05, 0.1) is 18.5 Å². The first-order chi connectivity index (χ1) is 10.2. The zero-order valence-electron chi connectivity index (χ0n) is 11.1. The van der Waals surface area contributed by atoms with Gasteiger partial charge in [-0.05, 0) is 0 Å². The quantitative estimate of drug-likeness (QED) is 0.666. The molecule has 0 saturated heterocycles. The maximum atomic E-state index is 12.2. The number of thiazole rings is 1. The molecule has 3 aromatic heterocycles. The van der Waals surface area contributed by atoms with Gasteiger partial charge < -0.3 is 10.4 Å². The molecule has 3 heterocycles. The highest BCUT2D eigenvalue weighted by atomic mass is 32.1. The fourth-order valence-corrected chi connectivity index (χ4v) is 2.60. The van der Waals surface area contributed by atoms with E-state index in [-0.39, 0.29) is 12.5 Å². The lowest BCUT2D eigenvalue weighted by molar-refractivity contribution is 0.102. The molecule has 3 aromatic rings. The SMILES string of the molecule is Cn1cc(NC(=O)c2csc(-c3cn[nH]c3)n2)c(CO)n1. The van der Waals surface area contributed by atoms with Crippen LogP contribution in [-0.4, -0.2) is 36.0 Å². The van der Waals surface area contributed by atoms with E-state index in [1.54, 1.807) is 31.0 Å². The summed E-state index contributed by atoms with van der Waals surface area (Å²) in [5, 5.41) is 24.9. The van der Waals surface area contributed by atoms with Crippen LogP contribution in [0, 0.1) is 0 Å². The number of anilines is 1. The van der Waals surface area contributed by atoms with Crippen LogP contribution in [0.5, 0.6) is 0 Å². The summed E-state index contributed by atoms with van der Waals surface area (Å²) < 4.78 is 1.53. The van der Waals surface area contributed by atoms with Gasteiger partial charge in [-0.1, -0.05) is 0 Å². The lowest BCUT2D eigenvalue weighted by Gasteiger charge is -2.01. The number of carbonyl (C=O) groups excluding carboxylic acids is 1. The van der Waals surface area contributed by atoms with Gasteiger partial charge in [-0.3, -0.25) is 14.6 Å². The van der Waals surface area contributed by atoms with E-state index in [2.05, 4.69) is 25.6 Å². The van der Waals surface area contributed by atoms with Gasteiger partial charge in [-0.2, -0.15) is 10.2 Å². The molecule has 0 aliphatic heterocycles. The number of nitrogens with zero attached hydrogens (tertiary/aromatic N) is 4. The number of hydrogen-bond acceptors (Lipinski definition) is 6. The molecule has 8 nitrogen and oxygen atoms in total. The zero-order valence-corrected chi connectivity index (χ0v) is 11.9. The van der Waals surface area contributed by atoms with Gasteiger partial charge in [0.1, 0.15) is 16.4 Å². The monoisotopic (exact) mass is 304 g/mol. The minimum Gasteiger partial charge on any atom is -0.390 e. The van der Waals surface area contributed by atoms with E-state index in [1.807, 2.05) is 0 Å².